The molecule has 0 aliphatic carbocycles. The summed E-state index contributed by atoms with van der Waals surface area (Å²) in [4.78, 5) is 4.59. The first-order valence-electron chi connectivity index (χ1n) is 8.91. The summed E-state index contributed by atoms with van der Waals surface area (Å²) in [7, 11) is 1.70. The fourth-order valence-electron chi connectivity index (χ4n) is 2.94. The van der Waals surface area contributed by atoms with Crippen LogP contribution in [0.5, 0.6) is 5.75 Å². The van der Waals surface area contributed by atoms with Crippen LogP contribution in [0.15, 0.2) is 24.3 Å². The number of aliphatic hydroxyl groups is 1. The van der Waals surface area contributed by atoms with Crippen molar-refractivity contribution >= 4 is 5.69 Å². The zero-order chi connectivity index (χ0) is 18.3. The summed E-state index contributed by atoms with van der Waals surface area (Å²) in [5, 5.41) is 10.3. The fourth-order valence-corrected chi connectivity index (χ4v) is 2.94. The lowest BCUT2D eigenvalue weighted by Crippen LogP contribution is -2.49. The summed E-state index contributed by atoms with van der Waals surface area (Å²) in [6.45, 7) is 8.35. The Kier molecular flexibility index (Phi) is 7.12. The molecule has 25 heavy (non-hydrogen) atoms. The molecule has 1 fully saturated rings. The first kappa shape index (κ1) is 19.6. The van der Waals surface area contributed by atoms with Crippen LogP contribution in [-0.4, -0.2) is 68.2 Å². The number of β-amino-alcohol motifs (C(OH)–C–C–N with tert-alkyl or cyclic N) is 1. The summed E-state index contributed by atoms with van der Waals surface area (Å²) in [6, 6.07) is 8.08. The molecule has 0 saturated carbocycles. The van der Waals surface area contributed by atoms with Gasteiger partial charge in [0.2, 0.25) is 0 Å². The molecule has 5 nitrogen and oxygen atoms in total. The number of ether oxygens (including phenoxy) is 2. The van der Waals surface area contributed by atoms with E-state index in [2.05, 4.69) is 21.8 Å². The molecular formula is C20H30N2O3. The number of hydrogen-bond donors (Lipinski definition) is 1. The van der Waals surface area contributed by atoms with Gasteiger partial charge in [-0.3, -0.25) is 4.90 Å². The van der Waals surface area contributed by atoms with Gasteiger partial charge in [-0.2, -0.15) is 0 Å². The summed E-state index contributed by atoms with van der Waals surface area (Å²) in [5.41, 5.74) is 0.532. The number of rotatable bonds is 8. The van der Waals surface area contributed by atoms with Gasteiger partial charge in [0.05, 0.1) is 25.5 Å². The van der Waals surface area contributed by atoms with E-state index < -0.39 is 11.7 Å². The predicted octanol–water partition coefficient (Wildman–Crippen LogP) is 2.00. The van der Waals surface area contributed by atoms with Crippen LogP contribution in [0.3, 0.4) is 0 Å². The lowest BCUT2D eigenvalue weighted by atomic mass is 10.1. The normalized spacial score (nSPS) is 19.1. The number of hydrogen-bond acceptors (Lipinski definition) is 5. The van der Waals surface area contributed by atoms with Gasteiger partial charge in [-0.25, -0.2) is 0 Å². The van der Waals surface area contributed by atoms with Crippen molar-refractivity contribution in [3.63, 3.8) is 0 Å². The van der Waals surface area contributed by atoms with Crippen LogP contribution in [0.4, 0.5) is 5.69 Å². The van der Waals surface area contributed by atoms with E-state index in [1.54, 1.807) is 7.11 Å². The van der Waals surface area contributed by atoms with E-state index in [0.717, 1.165) is 44.0 Å². The Balaban J connectivity index is 1.79. The second-order valence-electron chi connectivity index (χ2n) is 6.65. The van der Waals surface area contributed by atoms with Crippen molar-refractivity contribution in [2.24, 2.45) is 0 Å². The quantitative estimate of drug-likeness (QED) is 0.730. The van der Waals surface area contributed by atoms with Crippen molar-refractivity contribution in [2.75, 3.05) is 51.3 Å². The number of benzene rings is 1. The average molecular weight is 346 g/mol. The molecule has 0 bridgehead atoms. The molecule has 1 saturated heterocycles. The molecule has 1 N–H and O–H groups in total. The summed E-state index contributed by atoms with van der Waals surface area (Å²) >= 11 is 0. The molecule has 1 aromatic rings. The zero-order valence-electron chi connectivity index (χ0n) is 15.6. The zero-order valence-corrected chi connectivity index (χ0v) is 15.6. The molecule has 0 radical (unpaired) electrons. The number of aliphatic hydroxyl groups excluding tert-OH is 1. The van der Waals surface area contributed by atoms with Gasteiger partial charge in [-0.1, -0.05) is 25.0 Å². The van der Waals surface area contributed by atoms with Crippen LogP contribution in [0.2, 0.25) is 0 Å². The minimum absolute atomic E-state index is 0.265. The minimum atomic E-state index is -0.594. The Morgan fingerprint density at radius 1 is 1.28 bits per heavy atom. The van der Waals surface area contributed by atoms with Crippen molar-refractivity contribution in [3.8, 4) is 18.1 Å². The SMILES string of the molecule is C#C[C@@](C)(CC)OC[C@@H](O)CN1CCN(c2ccccc2OC)CC1. The van der Waals surface area contributed by atoms with Gasteiger partial charge in [-0.15, -0.1) is 6.42 Å². The van der Waals surface area contributed by atoms with Gasteiger partial charge in [0, 0.05) is 32.7 Å². The highest BCUT2D eigenvalue weighted by atomic mass is 16.5. The molecule has 1 aliphatic heterocycles. The van der Waals surface area contributed by atoms with Crippen LogP contribution in [0, 0.1) is 12.3 Å². The van der Waals surface area contributed by atoms with Gasteiger partial charge in [0.1, 0.15) is 11.4 Å². The summed E-state index contributed by atoms with van der Waals surface area (Å²) < 4.78 is 11.2. The highest BCUT2D eigenvalue weighted by molar-refractivity contribution is 5.58. The number of terminal acetylenes is 1. The molecular weight excluding hydrogens is 316 g/mol. The number of methoxy groups -OCH3 is 1. The third kappa shape index (κ3) is 5.37. The first-order valence-corrected chi connectivity index (χ1v) is 8.91. The fraction of sp³-hybridized carbons (Fsp3) is 0.600. The molecule has 1 heterocycles. The third-order valence-electron chi connectivity index (χ3n) is 4.84. The number of para-hydroxylation sites is 2. The molecule has 0 spiro atoms. The molecule has 1 aliphatic rings. The Hall–Kier alpha value is -1.74. The Labute approximate surface area is 151 Å². The topological polar surface area (TPSA) is 45.2 Å². The maximum atomic E-state index is 10.3. The van der Waals surface area contributed by atoms with Crippen molar-refractivity contribution in [1.82, 2.24) is 4.90 Å². The van der Waals surface area contributed by atoms with Gasteiger partial charge in [-0.05, 0) is 25.5 Å². The molecule has 5 heteroatoms. The predicted molar refractivity (Wildman–Crippen MR) is 101 cm³/mol. The Morgan fingerprint density at radius 2 is 1.96 bits per heavy atom. The van der Waals surface area contributed by atoms with Gasteiger partial charge in [0.15, 0.2) is 0 Å². The largest absolute Gasteiger partial charge is 0.495 e. The monoisotopic (exact) mass is 346 g/mol. The van der Waals surface area contributed by atoms with Crippen LogP contribution in [0.25, 0.3) is 0 Å². The lowest BCUT2D eigenvalue weighted by Gasteiger charge is -2.37. The Morgan fingerprint density at radius 3 is 2.56 bits per heavy atom. The molecule has 0 amide bonds. The maximum Gasteiger partial charge on any atom is 0.142 e. The molecule has 138 valence electrons. The van der Waals surface area contributed by atoms with E-state index in [1.165, 1.54) is 0 Å². The van der Waals surface area contributed by atoms with E-state index >= 15 is 0 Å². The van der Waals surface area contributed by atoms with Crippen molar-refractivity contribution in [2.45, 2.75) is 32.0 Å². The Bertz CT molecular complexity index is 579. The average Bonchev–Trinajstić information content (AvgIpc) is 2.66. The number of piperazine rings is 1. The number of anilines is 1. The highest BCUT2D eigenvalue weighted by Gasteiger charge is 2.24. The molecule has 1 aromatic carbocycles. The van der Waals surface area contributed by atoms with Gasteiger partial charge in [0.25, 0.3) is 0 Å². The van der Waals surface area contributed by atoms with Gasteiger partial charge >= 0.3 is 0 Å². The van der Waals surface area contributed by atoms with E-state index in [9.17, 15) is 5.11 Å². The van der Waals surface area contributed by atoms with Crippen molar-refractivity contribution in [1.29, 1.82) is 0 Å². The molecule has 0 unspecified atom stereocenters. The van der Waals surface area contributed by atoms with Crippen molar-refractivity contribution < 1.29 is 14.6 Å². The van der Waals surface area contributed by atoms with E-state index in [-0.39, 0.29) is 6.61 Å². The van der Waals surface area contributed by atoms with E-state index in [4.69, 9.17) is 15.9 Å². The highest BCUT2D eigenvalue weighted by Crippen LogP contribution is 2.28. The standard InChI is InChI=1S/C20H30N2O3/c1-5-20(3,6-2)25-16-17(23)15-21-11-13-22(14-12-21)18-9-7-8-10-19(18)24-4/h1,7-10,17,23H,6,11-16H2,2-4H3/t17-,20-/m0/s1. The molecule has 2 rings (SSSR count). The summed E-state index contributed by atoms with van der Waals surface area (Å²) in [6.07, 6.45) is 5.70. The first-order chi connectivity index (χ1) is 12.0. The third-order valence-corrected chi connectivity index (χ3v) is 4.84. The second kappa shape index (κ2) is 9.10. The molecule has 0 aromatic heterocycles. The minimum Gasteiger partial charge on any atom is -0.495 e. The van der Waals surface area contributed by atoms with E-state index in [1.807, 2.05) is 32.0 Å². The van der Waals surface area contributed by atoms with Crippen LogP contribution < -0.4 is 9.64 Å². The second-order valence-corrected chi connectivity index (χ2v) is 6.65. The smallest absolute Gasteiger partial charge is 0.142 e. The van der Waals surface area contributed by atoms with E-state index in [0.29, 0.717) is 6.54 Å². The molecule has 2 atom stereocenters. The van der Waals surface area contributed by atoms with Crippen LogP contribution >= 0.6 is 0 Å². The van der Waals surface area contributed by atoms with Crippen molar-refractivity contribution in [3.05, 3.63) is 24.3 Å². The van der Waals surface area contributed by atoms with Crippen LogP contribution in [0.1, 0.15) is 20.3 Å². The number of nitrogens with zero attached hydrogens (tertiary/aromatic N) is 2. The summed E-state index contributed by atoms with van der Waals surface area (Å²) in [5.74, 6) is 3.56. The maximum absolute atomic E-state index is 10.3. The van der Waals surface area contributed by atoms with Crippen LogP contribution in [-0.2, 0) is 4.74 Å². The van der Waals surface area contributed by atoms with Gasteiger partial charge < -0.3 is 19.5 Å². The lowest BCUT2D eigenvalue weighted by molar-refractivity contribution is -0.0473.